The number of amides is 1. The van der Waals surface area contributed by atoms with Gasteiger partial charge in [0.25, 0.3) is 5.91 Å². The monoisotopic (exact) mass is 392 g/mol. The molecule has 5 heteroatoms. The zero-order chi connectivity index (χ0) is 20.4. The molecule has 2 N–H and O–H groups in total. The Morgan fingerprint density at radius 3 is 2.45 bits per heavy atom. The average Bonchev–Trinajstić information content (AvgIpc) is 2.74. The maximum atomic E-state index is 12.6. The van der Waals surface area contributed by atoms with Crippen molar-refractivity contribution in [1.29, 1.82) is 0 Å². The third-order valence-electron chi connectivity index (χ3n) is 5.92. The van der Waals surface area contributed by atoms with E-state index in [0.29, 0.717) is 24.4 Å². The Hall–Kier alpha value is -2.79. The predicted molar refractivity (Wildman–Crippen MR) is 114 cm³/mol. The van der Waals surface area contributed by atoms with Gasteiger partial charge in [-0.3, -0.25) is 4.79 Å². The molecule has 0 saturated carbocycles. The van der Waals surface area contributed by atoms with Gasteiger partial charge in [0.1, 0.15) is 17.1 Å². The van der Waals surface area contributed by atoms with E-state index >= 15 is 0 Å². The number of aromatic hydroxyl groups is 1. The third kappa shape index (κ3) is 3.75. The molecule has 0 radical (unpaired) electrons. The van der Waals surface area contributed by atoms with Crippen molar-refractivity contribution in [2.24, 2.45) is 0 Å². The molecule has 2 aromatic carbocycles. The van der Waals surface area contributed by atoms with Gasteiger partial charge in [0.2, 0.25) is 0 Å². The lowest BCUT2D eigenvalue weighted by atomic mass is 9.83. The van der Waals surface area contributed by atoms with Gasteiger partial charge in [-0.25, -0.2) is 0 Å². The summed E-state index contributed by atoms with van der Waals surface area (Å²) in [5.41, 5.74) is 3.45. The molecule has 2 aliphatic rings. The Balaban J connectivity index is 1.72. The predicted octanol–water partition coefficient (Wildman–Crippen LogP) is 3.82. The highest BCUT2D eigenvalue weighted by atomic mass is 16.5. The number of fused-ring (bicyclic) bond motifs is 1. The summed E-state index contributed by atoms with van der Waals surface area (Å²) in [6.07, 6.45) is 3.99. The molecule has 4 rings (SSSR count). The number of hydrogen-bond acceptors (Lipinski definition) is 4. The van der Waals surface area contributed by atoms with Crippen LogP contribution in [0.15, 0.2) is 48.5 Å². The Bertz CT molecular complexity index is 924. The van der Waals surface area contributed by atoms with Crippen LogP contribution >= 0.6 is 0 Å². The number of ether oxygens (including phenoxy) is 1. The second-order valence-corrected chi connectivity index (χ2v) is 7.71. The second kappa shape index (κ2) is 7.91. The van der Waals surface area contributed by atoms with Crippen molar-refractivity contribution < 1.29 is 14.6 Å². The molecule has 1 spiro atoms. The van der Waals surface area contributed by atoms with Gasteiger partial charge in [-0.05, 0) is 68.4 Å². The van der Waals surface area contributed by atoms with Crippen LogP contribution in [0.1, 0.15) is 48.2 Å². The summed E-state index contributed by atoms with van der Waals surface area (Å²) in [6.45, 7) is 7.19. The van der Waals surface area contributed by atoms with E-state index in [1.165, 1.54) is 0 Å². The second-order valence-electron chi connectivity index (χ2n) is 7.71. The SMILES string of the molecule is CCN(CC)C(=O)c1ccc(C2=CC3(CCNCC3)Oc3cc(O)ccc32)cc1. The lowest BCUT2D eigenvalue weighted by Crippen LogP contribution is -2.46. The van der Waals surface area contributed by atoms with E-state index in [1.807, 2.05) is 49.1 Å². The summed E-state index contributed by atoms with van der Waals surface area (Å²) in [5.74, 6) is 0.976. The Morgan fingerprint density at radius 1 is 1.10 bits per heavy atom. The largest absolute Gasteiger partial charge is 0.508 e. The molecule has 152 valence electrons. The van der Waals surface area contributed by atoms with Crippen molar-refractivity contribution in [3.8, 4) is 11.5 Å². The first-order valence-corrected chi connectivity index (χ1v) is 10.4. The minimum atomic E-state index is -0.364. The molecule has 2 heterocycles. The maximum absolute atomic E-state index is 12.6. The summed E-state index contributed by atoms with van der Waals surface area (Å²) in [7, 11) is 0. The zero-order valence-electron chi connectivity index (χ0n) is 17.1. The maximum Gasteiger partial charge on any atom is 0.253 e. The fraction of sp³-hybridized carbons (Fsp3) is 0.375. The molecule has 1 fully saturated rings. The molecule has 2 aromatic rings. The Kier molecular flexibility index (Phi) is 5.33. The van der Waals surface area contributed by atoms with E-state index in [2.05, 4.69) is 11.4 Å². The highest BCUT2D eigenvalue weighted by Crippen LogP contribution is 2.43. The molecule has 0 unspecified atom stereocenters. The van der Waals surface area contributed by atoms with Gasteiger partial charge in [0, 0.05) is 43.1 Å². The summed E-state index contributed by atoms with van der Waals surface area (Å²) >= 11 is 0. The Morgan fingerprint density at radius 2 is 1.79 bits per heavy atom. The summed E-state index contributed by atoms with van der Waals surface area (Å²) in [4.78, 5) is 14.5. The molecule has 2 aliphatic heterocycles. The molecule has 0 aliphatic carbocycles. The molecule has 1 amide bonds. The lowest BCUT2D eigenvalue weighted by molar-refractivity contribution is 0.0772. The first kappa shape index (κ1) is 19.5. The molecule has 5 nitrogen and oxygen atoms in total. The third-order valence-corrected chi connectivity index (χ3v) is 5.92. The smallest absolute Gasteiger partial charge is 0.253 e. The van der Waals surface area contributed by atoms with Gasteiger partial charge in [-0.2, -0.15) is 0 Å². The molecule has 29 heavy (non-hydrogen) atoms. The van der Waals surface area contributed by atoms with Crippen molar-refractivity contribution >= 4 is 11.5 Å². The number of hydrogen-bond donors (Lipinski definition) is 2. The number of phenolic OH excluding ortho intramolecular Hbond substituents is 1. The van der Waals surface area contributed by atoms with E-state index in [-0.39, 0.29) is 17.3 Å². The van der Waals surface area contributed by atoms with Crippen LogP contribution in [-0.2, 0) is 0 Å². The summed E-state index contributed by atoms with van der Waals surface area (Å²) in [6, 6.07) is 13.1. The van der Waals surface area contributed by atoms with Crippen molar-refractivity contribution in [3.05, 3.63) is 65.2 Å². The quantitative estimate of drug-likeness (QED) is 0.830. The molecular weight excluding hydrogens is 364 g/mol. The number of nitrogens with zero attached hydrogens (tertiary/aromatic N) is 1. The van der Waals surface area contributed by atoms with Crippen LogP contribution in [-0.4, -0.2) is 47.7 Å². The van der Waals surface area contributed by atoms with Gasteiger partial charge in [-0.15, -0.1) is 0 Å². The van der Waals surface area contributed by atoms with Gasteiger partial charge >= 0.3 is 0 Å². The van der Waals surface area contributed by atoms with Crippen molar-refractivity contribution in [2.75, 3.05) is 26.2 Å². The number of piperidine rings is 1. The molecule has 0 atom stereocenters. The topological polar surface area (TPSA) is 61.8 Å². The van der Waals surface area contributed by atoms with E-state index < -0.39 is 0 Å². The summed E-state index contributed by atoms with van der Waals surface area (Å²) in [5, 5.41) is 13.4. The first-order chi connectivity index (χ1) is 14.0. The first-order valence-electron chi connectivity index (χ1n) is 10.4. The highest BCUT2D eigenvalue weighted by molar-refractivity contribution is 5.95. The van der Waals surface area contributed by atoms with Crippen molar-refractivity contribution in [2.45, 2.75) is 32.3 Å². The molecule has 0 bridgehead atoms. The van der Waals surface area contributed by atoms with Crippen LogP contribution in [0.2, 0.25) is 0 Å². The van der Waals surface area contributed by atoms with Crippen LogP contribution in [0.25, 0.3) is 5.57 Å². The minimum Gasteiger partial charge on any atom is -0.508 e. The van der Waals surface area contributed by atoms with Gasteiger partial charge in [-0.1, -0.05) is 12.1 Å². The van der Waals surface area contributed by atoms with Gasteiger partial charge in [0.15, 0.2) is 0 Å². The number of carbonyl (C=O) groups excluding carboxylic acids is 1. The van der Waals surface area contributed by atoms with E-state index in [1.54, 1.807) is 12.1 Å². The minimum absolute atomic E-state index is 0.0580. The summed E-state index contributed by atoms with van der Waals surface area (Å²) < 4.78 is 6.38. The van der Waals surface area contributed by atoms with Crippen molar-refractivity contribution in [3.63, 3.8) is 0 Å². The van der Waals surface area contributed by atoms with E-state index in [4.69, 9.17) is 4.74 Å². The molecule has 0 aromatic heterocycles. The number of rotatable bonds is 4. The van der Waals surface area contributed by atoms with Crippen molar-refractivity contribution in [1.82, 2.24) is 10.2 Å². The van der Waals surface area contributed by atoms with E-state index in [0.717, 1.165) is 42.6 Å². The van der Waals surface area contributed by atoms with Crippen LogP contribution in [0, 0.1) is 0 Å². The zero-order valence-corrected chi connectivity index (χ0v) is 17.1. The van der Waals surface area contributed by atoms with E-state index in [9.17, 15) is 9.90 Å². The number of phenols is 1. The highest BCUT2D eigenvalue weighted by Gasteiger charge is 2.37. The standard InChI is InChI=1S/C24H28N2O3/c1-3-26(4-2)23(28)18-7-5-17(6-8-18)21-16-24(11-13-25-14-12-24)29-22-15-19(27)9-10-20(21)22/h5-10,15-16,25,27H,3-4,11-14H2,1-2H3. The van der Waals surface area contributed by atoms with Crippen LogP contribution in [0.5, 0.6) is 11.5 Å². The lowest BCUT2D eigenvalue weighted by Gasteiger charge is -2.40. The van der Waals surface area contributed by atoms with Crippen LogP contribution in [0.3, 0.4) is 0 Å². The molecule has 1 saturated heterocycles. The normalized spacial score (nSPS) is 17.2. The number of benzene rings is 2. The average molecular weight is 392 g/mol. The van der Waals surface area contributed by atoms with Gasteiger partial charge < -0.3 is 20.1 Å². The molecular formula is C24H28N2O3. The fourth-order valence-corrected chi connectivity index (χ4v) is 4.23. The van der Waals surface area contributed by atoms with Crippen LogP contribution in [0.4, 0.5) is 0 Å². The number of nitrogens with one attached hydrogen (secondary N) is 1. The van der Waals surface area contributed by atoms with Crippen LogP contribution < -0.4 is 10.1 Å². The Labute approximate surface area is 172 Å². The fourth-order valence-electron chi connectivity index (χ4n) is 4.23. The number of carbonyl (C=O) groups is 1. The van der Waals surface area contributed by atoms with Gasteiger partial charge in [0.05, 0.1) is 0 Å².